The van der Waals surface area contributed by atoms with E-state index in [-0.39, 0.29) is 19.0 Å². The van der Waals surface area contributed by atoms with Crippen molar-refractivity contribution in [3.05, 3.63) is 100 Å². The quantitative estimate of drug-likeness (QED) is 0.452. The minimum absolute atomic E-state index is 0.0780. The van der Waals surface area contributed by atoms with Gasteiger partial charge in [0.15, 0.2) is 12.6 Å². The number of halogens is 1. The molecular formula is C27H26BrNO6. The average Bonchev–Trinajstić information content (AvgIpc) is 2.90. The topological polar surface area (TPSA) is 89.7 Å². The van der Waals surface area contributed by atoms with E-state index in [0.717, 1.165) is 15.6 Å². The van der Waals surface area contributed by atoms with Crippen LogP contribution in [0.3, 0.4) is 0 Å². The molecule has 0 unspecified atom stereocenters. The monoisotopic (exact) mass is 539 g/mol. The lowest BCUT2D eigenvalue weighted by Crippen LogP contribution is -2.61. The van der Waals surface area contributed by atoms with Gasteiger partial charge in [-0.2, -0.15) is 0 Å². The zero-order chi connectivity index (χ0) is 24.2. The molecule has 0 radical (unpaired) electrons. The molecule has 0 spiro atoms. The molecule has 6 atom stereocenters. The maximum Gasteiger partial charge on any atom is 0.184 e. The van der Waals surface area contributed by atoms with Crippen LogP contribution in [-0.2, 0) is 25.6 Å². The van der Waals surface area contributed by atoms with Crippen molar-refractivity contribution in [2.75, 3.05) is 6.61 Å². The van der Waals surface area contributed by atoms with Gasteiger partial charge in [-0.15, -0.1) is 0 Å². The van der Waals surface area contributed by atoms with Gasteiger partial charge >= 0.3 is 0 Å². The van der Waals surface area contributed by atoms with E-state index in [2.05, 4.69) is 20.9 Å². The Balaban J connectivity index is 1.38. The van der Waals surface area contributed by atoms with Crippen LogP contribution in [0.5, 0.6) is 5.75 Å². The molecule has 2 saturated heterocycles. The van der Waals surface area contributed by atoms with Crippen LogP contribution in [0.25, 0.3) is 0 Å². The molecule has 8 heteroatoms. The second-order valence-electron chi connectivity index (χ2n) is 8.48. The fourth-order valence-corrected chi connectivity index (χ4v) is 4.58. The molecule has 2 aliphatic rings. The summed E-state index contributed by atoms with van der Waals surface area (Å²) in [4.78, 5) is 4.59. The van der Waals surface area contributed by atoms with E-state index >= 15 is 0 Å². The first kappa shape index (κ1) is 24.1. The van der Waals surface area contributed by atoms with Gasteiger partial charge in [0.2, 0.25) is 0 Å². The maximum atomic E-state index is 11.4. The van der Waals surface area contributed by atoms with Crippen LogP contribution >= 0.6 is 15.9 Å². The van der Waals surface area contributed by atoms with Crippen molar-refractivity contribution in [1.82, 2.24) is 0 Å². The van der Waals surface area contributed by atoms with Crippen molar-refractivity contribution in [3.63, 3.8) is 0 Å². The Morgan fingerprint density at radius 2 is 1.74 bits per heavy atom. The first-order valence-electron chi connectivity index (χ1n) is 11.4. The van der Waals surface area contributed by atoms with E-state index in [9.17, 15) is 10.2 Å². The second kappa shape index (κ2) is 11.0. The summed E-state index contributed by atoms with van der Waals surface area (Å²) >= 11 is 3.41. The average molecular weight is 540 g/mol. The van der Waals surface area contributed by atoms with E-state index in [4.69, 9.17) is 18.9 Å². The van der Waals surface area contributed by atoms with E-state index in [1.54, 1.807) is 18.2 Å². The van der Waals surface area contributed by atoms with Crippen molar-refractivity contribution >= 4 is 22.1 Å². The van der Waals surface area contributed by atoms with Crippen LogP contribution in [0.15, 0.2) is 88.3 Å². The third-order valence-electron chi connectivity index (χ3n) is 6.04. The van der Waals surface area contributed by atoms with Gasteiger partial charge in [0, 0.05) is 21.8 Å². The second-order valence-corrected chi connectivity index (χ2v) is 9.39. The largest absolute Gasteiger partial charge is 0.507 e. The zero-order valence-corrected chi connectivity index (χ0v) is 20.4. The number of hydrogen-bond acceptors (Lipinski definition) is 7. The number of ether oxygens (including phenoxy) is 4. The minimum atomic E-state index is -1.02. The van der Waals surface area contributed by atoms with Crippen molar-refractivity contribution in [3.8, 4) is 5.75 Å². The smallest absolute Gasteiger partial charge is 0.184 e. The highest BCUT2D eigenvalue weighted by Crippen LogP contribution is 2.35. The minimum Gasteiger partial charge on any atom is -0.507 e. The van der Waals surface area contributed by atoms with E-state index in [0.29, 0.717) is 5.56 Å². The van der Waals surface area contributed by atoms with Gasteiger partial charge < -0.3 is 29.2 Å². The molecule has 3 aromatic carbocycles. The third kappa shape index (κ3) is 5.64. The summed E-state index contributed by atoms with van der Waals surface area (Å²) in [6.07, 6.45) is -2.13. The molecular weight excluding hydrogens is 514 g/mol. The summed E-state index contributed by atoms with van der Waals surface area (Å²) in [6.45, 7) is 0.535. The Bertz CT molecular complexity index is 1140. The van der Waals surface area contributed by atoms with E-state index < -0.39 is 36.9 Å². The number of fused-ring (bicyclic) bond motifs is 1. The lowest BCUT2D eigenvalue weighted by atomic mass is 9.96. The number of benzene rings is 3. The molecule has 35 heavy (non-hydrogen) atoms. The molecule has 0 bridgehead atoms. The lowest BCUT2D eigenvalue weighted by molar-refractivity contribution is -0.343. The van der Waals surface area contributed by atoms with Gasteiger partial charge in [-0.3, -0.25) is 4.99 Å². The van der Waals surface area contributed by atoms with Crippen molar-refractivity contribution in [1.29, 1.82) is 0 Å². The first-order chi connectivity index (χ1) is 17.1. The highest BCUT2D eigenvalue weighted by Gasteiger charge is 2.49. The van der Waals surface area contributed by atoms with Gasteiger partial charge in [-0.25, -0.2) is 0 Å². The van der Waals surface area contributed by atoms with E-state index in [1.807, 2.05) is 60.7 Å². The molecule has 182 valence electrons. The van der Waals surface area contributed by atoms with Crippen molar-refractivity contribution in [2.24, 2.45) is 4.99 Å². The number of aliphatic imine (C=N–C) groups is 1. The van der Waals surface area contributed by atoms with Gasteiger partial charge in [-0.05, 0) is 23.8 Å². The summed E-state index contributed by atoms with van der Waals surface area (Å²) in [5.74, 6) is 0.0780. The van der Waals surface area contributed by atoms with Gasteiger partial charge in [-0.1, -0.05) is 76.6 Å². The third-order valence-corrected chi connectivity index (χ3v) is 6.53. The predicted molar refractivity (Wildman–Crippen MR) is 133 cm³/mol. The summed E-state index contributed by atoms with van der Waals surface area (Å²) in [7, 11) is 0. The first-order valence-corrected chi connectivity index (χ1v) is 12.2. The van der Waals surface area contributed by atoms with Gasteiger partial charge in [0.05, 0.1) is 13.2 Å². The summed E-state index contributed by atoms with van der Waals surface area (Å²) < 4.78 is 25.1. The predicted octanol–water partition coefficient (Wildman–Crippen LogP) is 4.36. The fourth-order valence-electron chi connectivity index (χ4n) is 4.20. The number of phenols is 1. The Morgan fingerprint density at radius 1 is 1.00 bits per heavy atom. The number of rotatable bonds is 6. The highest BCUT2D eigenvalue weighted by atomic mass is 79.9. The number of hydrogen-bond donors (Lipinski definition) is 2. The molecule has 0 aromatic heterocycles. The molecule has 7 nitrogen and oxygen atoms in total. The Labute approximate surface area is 212 Å². The molecule has 2 N–H and O–H groups in total. The zero-order valence-electron chi connectivity index (χ0n) is 18.8. The highest BCUT2D eigenvalue weighted by molar-refractivity contribution is 9.10. The molecule has 0 amide bonds. The Hall–Kier alpha value is -2.59. The number of aliphatic hydroxyl groups is 1. The standard InChI is InChI=1S/C27H26BrNO6/c28-20-11-12-21(30)19(13-20)14-29-23-24(31)25-22(16-33-26(35-25)18-9-5-2-6-10-18)34-27(23)32-15-17-7-3-1-4-8-17/h1-14,22-27,30-31H,15-16H2/t22-,23-,24-,25-,26-,27+/m1/s1. The summed E-state index contributed by atoms with van der Waals surface area (Å²) in [5, 5.41) is 21.6. The molecule has 3 aromatic rings. The molecule has 0 saturated carbocycles. The lowest BCUT2D eigenvalue weighted by Gasteiger charge is -2.46. The summed E-state index contributed by atoms with van der Waals surface area (Å²) in [5.41, 5.74) is 2.34. The van der Waals surface area contributed by atoms with Crippen LogP contribution in [0.2, 0.25) is 0 Å². The molecule has 5 rings (SSSR count). The molecule has 2 fully saturated rings. The van der Waals surface area contributed by atoms with Crippen molar-refractivity contribution < 1.29 is 29.2 Å². The van der Waals surface area contributed by atoms with Gasteiger partial charge in [0.1, 0.15) is 30.1 Å². The van der Waals surface area contributed by atoms with Crippen LogP contribution in [0.4, 0.5) is 0 Å². The van der Waals surface area contributed by atoms with E-state index in [1.165, 1.54) is 6.21 Å². The number of aliphatic hydroxyl groups excluding tert-OH is 1. The van der Waals surface area contributed by atoms with Crippen LogP contribution in [0, 0.1) is 0 Å². The van der Waals surface area contributed by atoms with Crippen LogP contribution in [-0.4, -0.2) is 53.7 Å². The van der Waals surface area contributed by atoms with Crippen LogP contribution in [0.1, 0.15) is 23.0 Å². The number of aromatic hydroxyl groups is 1. The van der Waals surface area contributed by atoms with Gasteiger partial charge in [0.25, 0.3) is 0 Å². The number of nitrogens with zero attached hydrogens (tertiary/aromatic N) is 1. The molecule has 2 heterocycles. The molecule has 0 aliphatic carbocycles. The Kier molecular flexibility index (Phi) is 7.57. The number of phenolic OH excluding ortho intramolecular Hbond substituents is 1. The summed E-state index contributed by atoms with van der Waals surface area (Å²) in [6, 6.07) is 23.6. The fraction of sp³-hybridized carbons (Fsp3) is 0.296. The maximum absolute atomic E-state index is 11.4. The normalized spacial score (nSPS) is 28.6. The van der Waals surface area contributed by atoms with Crippen molar-refractivity contribution in [2.45, 2.75) is 43.5 Å². The molecule has 2 aliphatic heterocycles. The van der Waals surface area contributed by atoms with Crippen LogP contribution < -0.4 is 0 Å². The SMILES string of the molecule is Oc1ccc(Br)cc1C=N[C@H]1[C@@H](OCc2ccccc2)O[C@@H]2CO[C@@H](c3ccccc3)O[C@H]2[C@@H]1O. The Morgan fingerprint density at radius 3 is 2.51 bits per heavy atom.